The maximum absolute atomic E-state index is 10.3. The van der Waals surface area contributed by atoms with Crippen LogP contribution in [0.15, 0.2) is 18.2 Å². The highest BCUT2D eigenvalue weighted by Gasteiger charge is 2.03. The highest BCUT2D eigenvalue weighted by molar-refractivity contribution is 6.42. The number of hydrogen-bond donors (Lipinski definition) is 2. The van der Waals surface area contributed by atoms with Gasteiger partial charge in [0.15, 0.2) is 0 Å². The molecule has 0 aliphatic carbocycles. The third kappa shape index (κ3) is 4.26. The lowest BCUT2D eigenvalue weighted by Crippen LogP contribution is -2.23. The van der Waals surface area contributed by atoms with Crippen LogP contribution in [0, 0.1) is 0 Å². The SMILES string of the molecule is NC(=O)OCCNCc1cccc(Cl)c1Cl. The summed E-state index contributed by atoms with van der Waals surface area (Å²) in [6, 6.07) is 5.42. The molecule has 0 unspecified atom stereocenters. The number of rotatable bonds is 5. The molecule has 1 aromatic carbocycles. The summed E-state index contributed by atoms with van der Waals surface area (Å²) in [6.07, 6.45) is -0.775. The van der Waals surface area contributed by atoms with Gasteiger partial charge in [-0.1, -0.05) is 35.3 Å². The molecule has 3 N–H and O–H groups in total. The lowest BCUT2D eigenvalue weighted by atomic mass is 10.2. The second-order valence-corrected chi connectivity index (χ2v) is 3.84. The lowest BCUT2D eigenvalue weighted by molar-refractivity contribution is 0.157. The highest BCUT2D eigenvalue weighted by Crippen LogP contribution is 2.25. The number of nitrogens with two attached hydrogens (primary N) is 1. The van der Waals surface area contributed by atoms with Gasteiger partial charge in [-0.2, -0.15) is 0 Å². The van der Waals surface area contributed by atoms with Crippen LogP contribution in [0.5, 0.6) is 0 Å². The largest absolute Gasteiger partial charge is 0.448 e. The predicted octanol–water partition coefficient (Wildman–Crippen LogP) is 2.18. The number of carbonyl (C=O) groups is 1. The van der Waals surface area contributed by atoms with Crippen LogP contribution in [0.4, 0.5) is 4.79 Å². The van der Waals surface area contributed by atoms with Crippen molar-refractivity contribution in [2.75, 3.05) is 13.2 Å². The second kappa shape index (κ2) is 6.58. The molecule has 1 aromatic rings. The molecule has 6 heteroatoms. The van der Waals surface area contributed by atoms with Crippen molar-refractivity contribution in [3.8, 4) is 0 Å². The number of amides is 1. The first-order chi connectivity index (χ1) is 7.61. The average molecular weight is 263 g/mol. The smallest absolute Gasteiger partial charge is 0.404 e. The van der Waals surface area contributed by atoms with Gasteiger partial charge in [-0.25, -0.2) is 4.79 Å². The van der Waals surface area contributed by atoms with Crippen LogP contribution in [-0.2, 0) is 11.3 Å². The Morgan fingerprint density at radius 1 is 1.44 bits per heavy atom. The average Bonchev–Trinajstić information content (AvgIpc) is 2.23. The van der Waals surface area contributed by atoms with Crippen LogP contribution in [0.25, 0.3) is 0 Å². The Hall–Kier alpha value is -0.970. The Balaban J connectivity index is 2.32. The maximum atomic E-state index is 10.3. The van der Waals surface area contributed by atoms with E-state index in [2.05, 4.69) is 10.1 Å². The summed E-state index contributed by atoms with van der Waals surface area (Å²) in [5.74, 6) is 0. The normalized spacial score (nSPS) is 10.1. The maximum Gasteiger partial charge on any atom is 0.404 e. The van der Waals surface area contributed by atoms with Crippen LogP contribution < -0.4 is 11.1 Å². The molecule has 0 aliphatic heterocycles. The predicted molar refractivity (Wildman–Crippen MR) is 63.7 cm³/mol. The lowest BCUT2D eigenvalue weighted by Gasteiger charge is -2.07. The fraction of sp³-hybridized carbons (Fsp3) is 0.300. The molecule has 0 atom stereocenters. The number of primary amides is 1. The van der Waals surface area contributed by atoms with Crippen molar-refractivity contribution < 1.29 is 9.53 Å². The molecular weight excluding hydrogens is 251 g/mol. The van der Waals surface area contributed by atoms with Crippen molar-refractivity contribution in [1.29, 1.82) is 0 Å². The summed E-state index contributed by atoms with van der Waals surface area (Å²) in [4.78, 5) is 10.3. The van der Waals surface area contributed by atoms with E-state index >= 15 is 0 Å². The van der Waals surface area contributed by atoms with Gasteiger partial charge in [0.2, 0.25) is 0 Å². The van der Waals surface area contributed by atoms with Gasteiger partial charge in [-0.15, -0.1) is 0 Å². The first kappa shape index (κ1) is 13.1. The molecule has 0 bridgehead atoms. The quantitative estimate of drug-likeness (QED) is 0.800. The fourth-order valence-corrected chi connectivity index (χ4v) is 1.52. The van der Waals surface area contributed by atoms with E-state index in [9.17, 15) is 4.79 Å². The van der Waals surface area contributed by atoms with Gasteiger partial charge in [-0.3, -0.25) is 0 Å². The summed E-state index contributed by atoms with van der Waals surface area (Å²) < 4.78 is 4.55. The van der Waals surface area contributed by atoms with E-state index < -0.39 is 6.09 Å². The minimum atomic E-state index is -0.775. The second-order valence-electron chi connectivity index (χ2n) is 3.06. The van der Waals surface area contributed by atoms with E-state index in [-0.39, 0.29) is 6.61 Å². The number of hydrogen-bond acceptors (Lipinski definition) is 3. The molecule has 88 valence electrons. The number of halogens is 2. The zero-order valence-corrected chi connectivity index (χ0v) is 10.0. The van der Waals surface area contributed by atoms with Crippen LogP contribution in [0.1, 0.15) is 5.56 Å². The van der Waals surface area contributed by atoms with E-state index in [0.717, 1.165) is 5.56 Å². The Bertz CT molecular complexity index is 372. The topological polar surface area (TPSA) is 64.4 Å². The van der Waals surface area contributed by atoms with Crippen LogP contribution in [0.2, 0.25) is 10.0 Å². The molecule has 0 radical (unpaired) electrons. The molecule has 0 saturated heterocycles. The first-order valence-corrected chi connectivity index (χ1v) is 5.42. The van der Waals surface area contributed by atoms with E-state index in [0.29, 0.717) is 23.1 Å². The fourth-order valence-electron chi connectivity index (χ4n) is 1.13. The zero-order chi connectivity index (χ0) is 12.0. The molecule has 1 rings (SSSR count). The number of carbonyl (C=O) groups excluding carboxylic acids is 1. The molecule has 0 fully saturated rings. The Morgan fingerprint density at radius 3 is 2.88 bits per heavy atom. The van der Waals surface area contributed by atoms with Gasteiger partial charge in [0, 0.05) is 13.1 Å². The highest BCUT2D eigenvalue weighted by atomic mass is 35.5. The molecular formula is C10H12Cl2N2O2. The van der Waals surface area contributed by atoms with Gasteiger partial charge in [0.05, 0.1) is 10.0 Å². The van der Waals surface area contributed by atoms with Crippen molar-refractivity contribution in [3.05, 3.63) is 33.8 Å². The van der Waals surface area contributed by atoms with Crippen LogP contribution >= 0.6 is 23.2 Å². The van der Waals surface area contributed by atoms with Crippen LogP contribution in [0.3, 0.4) is 0 Å². The van der Waals surface area contributed by atoms with Gasteiger partial charge >= 0.3 is 6.09 Å². The molecule has 1 amide bonds. The van der Waals surface area contributed by atoms with Gasteiger partial charge in [0.25, 0.3) is 0 Å². The molecule has 0 saturated carbocycles. The van der Waals surface area contributed by atoms with Crippen molar-refractivity contribution in [2.45, 2.75) is 6.54 Å². The summed E-state index contributed by atoms with van der Waals surface area (Å²) in [5.41, 5.74) is 5.70. The van der Waals surface area contributed by atoms with Gasteiger partial charge < -0.3 is 15.8 Å². The van der Waals surface area contributed by atoms with E-state index in [1.807, 2.05) is 12.1 Å². The third-order valence-electron chi connectivity index (χ3n) is 1.87. The van der Waals surface area contributed by atoms with E-state index in [1.54, 1.807) is 6.07 Å². The number of nitrogens with one attached hydrogen (secondary N) is 1. The molecule has 4 nitrogen and oxygen atoms in total. The van der Waals surface area contributed by atoms with Gasteiger partial charge in [-0.05, 0) is 11.6 Å². The molecule has 0 aliphatic rings. The van der Waals surface area contributed by atoms with Crippen molar-refractivity contribution >= 4 is 29.3 Å². The zero-order valence-electron chi connectivity index (χ0n) is 8.50. The van der Waals surface area contributed by atoms with Crippen LogP contribution in [-0.4, -0.2) is 19.2 Å². The van der Waals surface area contributed by atoms with Crippen molar-refractivity contribution in [1.82, 2.24) is 5.32 Å². The number of ether oxygens (including phenoxy) is 1. The number of benzene rings is 1. The Morgan fingerprint density at radius 2 is 2.19 bits per heavy atom. The summed E-state index contributed by atoms with van der Waals surface area (Å²) >= 11 is 11.8. The minimum absolute atomic E-state index is 0.230. The first-order valence-electron chi connectivity index (χ1n) is 4.67. The third-order valence-corrected chi connectivity index (χ3v) is 2.73. The van der Waals surface area contributed by atoms with E-state index in [1.165, 1.54) is 0 Å². The molecule has 0 aromatic heterocycles. The van der Waals surface area contributed by atoms with Crippen molar-refractivity contribution in [2.24, 2.45) is 5.73 Å². The van der Waals surface area contributed by atoms with Crippen molar-refractivity contribution in [3.63, 3.8) is 0 Å². The standard InChI is InChI=1S/C10H12Cl2N2O2/c11-8-3-1-2-7(9(8)12)6-14-4-5-16-10(13)15/h1-3,14H,4-6H2,(H2,13,15). The van der Waals surface area contributed by atoms with Gasteiger partial charge in [0.1, 0.15) is 6.61 Å². The summed E-state index contributed by atoms with van der Waals surface area (Å²) in [5, 5.41) is 4.11. The van der Waals surface area contributed by atoms with E-state index in [4.69, 9.17) is 28.9 Å². The molecule has 16 heavy (non-hydrogen) atoms. The molecule has 0 heterocycles. The summed E-state index contributed by atoms with van der Waals surface area (Å²) in [6.45, 7) is 1.29. The summed E-state index contributed by atoms with van der Waals surface area (Å²) in [7, 11) is 0. The monoisotopic (exact) mass is 262 g/mol. The minimum Gasteiger partial charge on any atom is -0.448 e. The Kier molecular flexibility index (Phi) is 5.38. The Labute approximate surface area is 104 Å². The molecule has 0 spiro atoms.